The average molecular weight is 425 g/mol. The fourth-order valence-corrected chi connectivity index (χ4v) is 4.43. The number of esters is 1. The summed E-state index contributed by atoms with van der Waals surface area (Å²) in [5.74, 6) is -0.266. The Morgan fingerprint density at radius 1 is 1.33 bits per heavy atom. The van der Waals surface area contributed by atoms with Gasteiger partial charge in [0.05, 0.1) is 24.2 Å². The molecule has 0 aliphatic heterocycles. The zero-order chi connectivity index (χ0) is 22.4. The van der Waals surface area contributed by atoms with Gasteiger partial charge in [-0.3, -0.25) is 4.79 Å². The van der Waals surface area contributed by atoms with Crippen LogP contribution in [0, 0.1) is 23.7 Å². The summed E-state index contributed by atoms with van der Waals surface area (Å²) in [6.45, 7) is 5.83. The second kappa shape index (κ2) is 11.2. The lowest BCUT2D eigenvalue weighted by molar-refractivity contribution is -0.159. The number of aldehydes is 1. The Hall–Kier alpha value is -1.54. The Labute approximate surface area is 178 Å². The Morgan fingerprint density at radius 2 is 2.03 bits per heavy atom. The van der Waals surface area contributed by atoms with Crippen LogP contribution in [0.3, 0.4) is 0 Å². The van der Waals surface area contributed by atoms with Crippen LogP contribution in [0.5, 0.6) is 0 Å². The summed E-state index contributed by atoms with van der Waals surface area (Å²) in [7, 11) is 0. The van der Waals surface area contributed by atoms with Crippen molar-refractivity contribution in [1.82, 2.24) is 0 Å². The van der Waals surface area contributed by atoms with Crippen LogP contribution in [0.1, 0.15) is 52.9 Å². The molecule has 4 N–H and O–H groups in total. The largest absolute Gasteiger partial charge is 0.461 e. The fourth-order valence-electron chi connectivity index (χ4n) is 4.43. The summed E-state index contributed by atoms with van der Waals surface area (Å²) in [6.07, 6.45) is 3.29. The minimum atomic E-state index is -1.50. The van der Waals surface area contributed by atoms with Gasteiger partial charge in [0.2, 0.25) is 0 Å². The molecule has 0 bridgehead atoms. The first-order valence-electron chi connectivity index (χ1n) is 11.0. The van der Waals surface area contributed by atoms with E-state index in [4.69, 9.17) is 4.74 Å². The zero-order valence-electron chi connectivity index (χ0n) is 18.1. The number of aliphatic hydroxyl groups excluding tert-OH is 4. The first-order chi connectivity index (χ1) is 14.2. The van der Waals surface area contributed by atoms with Crippen LogP contribution in [0.15, 0.2) is 23.8 Å². The van der Waals surface area contributed by atoms with E-state index in [2.05, 4.69) is 13.0 Å². The minimum absolute atomic E-state index is 0.0703. The smallest absolute Gasteiger partial charge is 0.308 e. The van der Waals surface area contributed by atoms with Crippen LogP contribution < -0.4 is 0 Å². The summed E-state index contributed by atoms with van der Waals surface area (Å²) in [4.78, 5) is 23.0. The Kier molecular flexibility index (Phi) is 9.22. The van der Waals surface area contributed by atoms with E-state index < -0.39 is 30.5 Å². The third-order valence-electron chi connectivity index (χ3n) is 6.54. The van der Waals surface area contributed by atoms with Crippen molar-refractivity contribution in [3.8, 4) is 0 Å². The third-order valence-corrected chi connectivity index (χ3v) is 6.54. The van der Waals surface area contributed by atoms with Crippen molar-refractivity contribution in [1.29, 1.82) is 0 Å². The highest BCUT2D eigenvalue weighted by molar-refractivity contribution is 5.72. The number of allylic oxidation sites excluding steroid dienone is 2. The lowest BCUT2D eigenvalue weighted by Gasteiger charge is -2.43. The van der Waals surface area contributed by atoms with E-state index >= 15 is 0 Å². The molecule has 0 saturated carbocycles. The first kappa shape index (κ1) is 24.7. The van der Waals surface area contributed by atoms with Gasteiger partial charge in [0.25, 0.3) is 0 Å². The molecule has 0 spiro atoms. The van der Waals surface area contributed by atoms with E-state index in [1.165, 1.54) is 0 Å². The van der Waals surface area contributed by atoms with Gasteiger partial charge in [0.15, 0.2) is 6.29 Å². The molecule has 0 radical (unpaired) electrons. The zero-order valence-corrected chi connectivity index (χ0v) is 18.1. The van der Waals surface area contributed by atoms with E-state index in [0.29, 0.717) is 25.7 Å². The maximum atomic E-state index is 12.4. The molecule has 0 aromatic rings. The highest BCUT2D eigenvalue weighted by Gasteiger charge is 2.42. The predicted molar refractivity (Wildman–Crippen MR) is 111 cm³/mol. The standard InChI is InChI=1S/C23H36O7/c1-4-13(2)23(29)30-21-11-17(26)9-15-6-5-14(3)18(22(15)21)8-7-16(25)10-19(27)20(28)12-24/h5-6,9,12-14,16-22,25-28H,4,7-8,10-11H2,1-3H3/t13-,14-,16+,17-,18-,19+,20?,21?,22-/m0/s1. The van der Waals surface area contributed by atoms with Crippen molar-refractivity contribution in [3.63, 3.8) is 0 Å². The lowest BCUT2D eigenvalue weighted by atomic mass is 9.66. The van der Waals surface area contributed by atoms with Gasteiger partial charge in [0.1, 0.15) is 12.2 Å². The number of rotatable bonds is 10. The van der Waals surface area contributed by atoms with E-state index in [1.807, 2.05) is 26.0 Å². The number of hydrogen-bond acceptors (Lipinski definition) is 7. The van der Waals surface area contributed by atoms with Gasteiger partial charge in [0, 0.05) is 18.8 Å². The molecule has 2 aliphatic carbocycles. The van der Waals surface area contributed by atoms with Gasteiger partial charge >= 0.3 is 5.97 Å². The fraction of sp³-hybridized carbons (Fsp3) is 0.739. The normalized spacial score (nSPS) is 32.4. The molecule has 0 saturated heterocycles. The topological polar surface area (TPSA) is 124 Å². The van der Waals surface area contributed by atoms with Crippen molar-refractivity contribution < 1.29 is 34.8 Å². The van der Waals surface area contributed by atoms with Crippen LogP contribution in [-0.2, 0) is 14.3 Å². The molecule has 7 nitrogen and oxygen atoms in total. The van der Waals surface area contributed by atoms with Crippen LogP contribution in [0.25, 0.3) is 0 Å². The maximum absolute atomic E-state index is 12.4. The number of carbonyl (C=O) groups excluding carboxylic acids is 2. The molecular formula is C23H36O7. The monoisotopic (exact) mass is 424 g/mol. The molecule has 2 rings (SSSR count). The van der Waals surface area contributed by atoms with Gasteiger partial charge < -0.3 is 30.0 Å². The molecule has 0 heterocycles. The molecule has 0 amide bonds. The quantitative estimate of drug-likeness (QED) is 0.310. The summed E-state index contributed by atoms with van der Waals surface area (Å²) >= 11 is 0. The first-order valence-corrected chi connectivity index (χ1v) is 11.0. The number of carbonyl (C=O) groups is 2. The van der Waals surface area contributed by atoms with Crippen LogP contribution in [0.2, 0.25) is 0 Å². The van der Waals surface area contributed by atoms with E-state index in [1.54, 1.807) is 0 Å². The number of hydrogen-bond donors (Lipinski definition) is 4. The average Bonchev–Trinajstić information content (AvgIpc) is 2.71. The molecule has 0 aromatic carbocycles. The summed E-state index contributed by atoms with van der Waals surface area (Å²) < 4.78 is 5.83. The minimum Gasteiger partial charge on any atom is -0.461 e. The highest BCUT2D eigenvalue weighted by atomic mass is 16.5. The molecule has 170 valence electrons. The second-order valence-corrected chi connectivity index (χ2v) is 8.82. The van der Waals surface area contributed by atoms with Crippen molar-refractivity contribution >= 4 is 12.3 Å². The molecule has 2 aliphatic rings. The van der Waals surface area contributed by atoms with Crippen molar-refractivity contribution in [3.05, 3.63) is 23.8 Å². The van der Waals surface area contributed by atoms with E-state index in [9.17, 15) is 30.0 Å². The summed E-state index contributed by atoms with van der Waals surface area (Å²) in [5.41, 5.74) is 0.949. The van der Waals surface area contributed by atoms with E-state index in [-0.39, 0.29) is 42.3 Å². The Bertz CT molecular complexity index is 643. The Balaban J connectivity index is 2.11. The number of fused-ring (bicyclic) bond motifs is 1. The van der Waals surface area contributed by atoms with Gasteiger partial charge in [-0.1, -0.05) is 39.0 Å². The van der Waals surface area contributed by atoms with Crippen molar-refractivity contribution in [2.45, 2.75) is 83.4 Å². The molecule has 9 atom stereocenters. The molecule has 0 aromatic heterocycles. The summed E-state index contributed by atoms with van der Waals surface area (Å²) in [6, 6.07) is 0. The molecule has 0 fully saturated rings. The summed E-state index contributed by atoms with van der Waals surface area (Å²) in [5, 5.41) is 39.7. The number of aliphatic hydroxyl groups is 4. The SMILES string of the molecule is CC[C@H](C)C(=O)OC1C[C@@H](O)C=C2C=C[C@H](C)[C@H](CC[C@@H](O)C[C@@H](O)C(O)C=O)[C@H]21. The second-order valence-electron chi connectivity index (χ2n) is 8.82. The van der Waals surface area contributed by atoms with Crippen LogP contribution in [-0.4, -0.2) is 63.2 Å². The molecule has 7 heteroatoms. The molecular weight excluding hydrogens is 388 g/mol. The van der Waals surface area contributed by atoms with Crippen LogP contribution >= 0.6 is 0 Å². The third kappa shape index (κ3) is 6.23. The maximum Gasteiger partial charge on any atom is 0.308 e. The van der Waals surface area contributed by atoms with Gasteiger partial charge in [-0.2, -0.15) is 0 Å². The van der Waals surface area contributed by atoms with Gasteiger partial charge in [-0.15, -0.1) is 0 Å². The lowest BCUT2D eigenvalue weighted by Crippen LogP contribution is -2.43. The van der Waals surface area contributed by atoms with Gasteiger partial charge in [-0.25, -0.2) is 0 Å². The van der Waals surface area contributed by atoms with E-state index in [0.717, 1.165) is 5.57 Å². The highest BCUT2D eigenvalue weighted by Crippen LogP contribution is 2.44. The number of ether oxygens (including phenoxy) is 1. The molecule has 30 heavy (non-hydrogen) atoms. The molecule has 2 unspecified atom stereocenters. The van der Waals surface area contributed by atoms with Gasteiger partial charge in [-0.05, 0) is 36.7 Å². The predicted octanol–water partition coefficient (Wildman–Crippen LogP) is 1.53. The van der Waals surface area contributed by atoms with Crippen molar-refractivity contribution in [2.75, 3.05) is 0 Å². The van der Waals surface area contributed by atoms with Crippen molar-refractivity contribution in [2.24, 2.45) is 23.7 Å². The Morgan fingerprint density at radius 3 is 2.67 bits per heavy atom. The van der Waals surface area contributed by atoms with Crippen LogP contribution in [0.4, 0.5) is 0 Å².